The maximum atomic E-state index is 11.3. The number of nitrogens with zero attached hydrogens (tertiary/aromatic N) is 2. The zero-order valence-electron chi connectivity index (χ0n) is 10.1. The summed E-state index contributed by atoms with van der Waals surface area (Å²) in [7, 11) is 0. The first-order valence-electron chi connectivity index (χ1n) is 5.97. The molecule has 1 aromatic heterocycles. The SMILES string of the molecule is CC(=O)C1CCC(n2ncc(C(=O)O)c2Cl)CC1. The van der Waals surface area contributed by atoms with Gasteiger partial charge in [0.1, 0.15) is 16.5 Å². The predicted molar refractivity (Wildman–Crippen MR) is 65.9 cm³/mol. The zero-order valence-corrected chi connectivity index (χ0v) is 10.9. The molecule has 2 rings (SSSR count). The van der Waals surface area contributed by atoms with Gasteiger partial charge in [-0.15, -0.1) is 0 Å². The second-order valence-corrected chi connectivity index (χ2v) is 5.07. The van der Waals surface area contributed by atoms with Gasteiger partial charge in [-0.2, -0.15) is 5.10 Å². The number of carboxylic acid groups (broad SMARTS) is 1. The molecule has 0 radical (unpaired) electrons. The summed E-state index contributed by atoms with van der Waals surface area (Å²) in [4.78, 5) is 22.2. The number of carbonyl (C=O) groups excluding carboxylic acids is 1. The van der Waals surface area contributed by atoms with Crippen LogP contribution in [0.15, 0.2) is 6.20 Å². The fraction of sp³-hybridized carbons (Fsp3) is 0.583. The van der Waals surface area contributed by atoms with E-state index in [0.29, 0.717) is 0 Å². The van der Waals surface area contributed by atoms with Gasteiger partial charge in [0.15, 0.2) is 0 Å². The van der Waals surface area contributed by atoms with Crippen LogP contribution in [0.5, 0.6) is 0 Å². The van der Waals surface area contributed by atoms with Crippen molar-refractivity contribution in [1.82, 2.24) is 9.78 Å². The Bertz CT molecular complexity index is 476. The Kier molecular flexibility index (Phi) is 3.71. The number of hydrogen-bond donors (Lipinski definition) is 1. The van der Waals surface area contributed by atoms with Crippen molar-refractivity contribution in [2.24, 2.45) is 5.92 Å². The highest BCUT2D eigenvalue weighted by Gasteiger charge is 2.27. The topological polar surface area (TPSA) is 72.2 Å². The molecule has 1 saturated carbocycles. The molecule has 5 nitrogen and oxygen atoms in total. The van der Waals surface area contributed by atoms with Crippen molar-refractivity contribution in [3.05, 3.63) is 16.9 Å². The second kappa shape index (κ2) is 5.10. The molecule has 1 fully saturated rings. The number of aromatic nitrogens is 2. The third-order valence-electron chi connectivity index (χ3n) is 3.58. The number of rotatable bonds is 3. The van der Waals surface area contributed by atoms with Gasteiger partial charge < -0.3 is 5.11 Å². The van der Waals surface area contributed by atoms with Crippen LogP contribution in [0.25, 0.3) is 0 Å². The van der Waals surface area contributed by atoms with E-state index in [0.717, 1.165) is 25.7 Å². The number of hydrogen-bond acceptors (Lipinski definition) is 3. The summed E-state index contributed by atoms with van der Waals surface area (Å²) in [5.74, 6) is -0.704. The number of aromatic carboxylic acids is 1. The lowest BCUT2D eigenvalue weighted by Gasteiger charge is -2.27. The van der Waals surface area contributed by atoms with Crippen LogP contribution >= 0.6 is 11.6 Å². The normalized spacial score (nSPS) is 23.9. The van der Waals surface area contributed by atoms with Gasteiger partial charge in [0.05, 0.1) is 12.2 Å². The molecular weight excluding hydrogens is 256 g/mol. The minimum absolute atomic E-state index is 0.0327. The minimum atomic E-state index is -1.07. The van der Waals surface area contributed by atoms with E-state index in [1.165, 1.54) is 6.20 Å². The Balaban J connectivity index is 2.10. The van der Waals surface area contributed by atoms with Crippen LogP contribution in [-0.4, -0.2) is 26.6 Å². The van der Waals surface area contributed by atoms with Gasteiger partial charge in [-0.1, -0.05) is 11.6 Å². The molecule has 0 bridgehead atoms. The molecule has 1 aromatic rings. The van der Waals surface area contributed by atoms with Gasteiger partial charge in [0.2, 0.25) is 0 Å². The number of carbonyl (C=O) groups is 2. The number of carboxylic acids is 1. The van der Waals surface area contributed by atoms with Crippen LogP contribution < -0.4 is 0 Å². The molecule has 0 saturated heterocycles. The molecule has 0 unspecified atom stereocenters. The van der Waals surface area contributed by atoms with Crippen molar-refractivity contribution in [3.8, 4) is 0 Å². The average molecular weight is 271 g/mol. The maximum absolute atomic E-state index is 11.3. The van der Waals surface area contributed by atoms with Gasteiger partial charge in [-0.3, -0.25) is 9.48 Å². The van der Waals surface area contributed by atoms with E-state index in [1.807, 2.05) is 0 Å². The quantitative estimate of drug-likeness (QED) is 0.916. The van der Waals surface area contributed by atoms with E-state index in [1.54, 1.807) is 11.6 Å². The molecule has 1 N–H and O–H groups in total. The van der Waals surface area contributed by atoms with E-state index < -0.39 is 5.97 Å². The summed E-state index contributed by atoms with van der Waals surface area (Å²) < 4.78 is 1.57. The van der Waals surface area contributed by atoms with Gasteiger partial charge in [0.25, 0.3) is 0 Å². The Hall–Kier alpha value is -1.36. The summed E-state index contributed by atoms with van der Waals surface area (Å²) in [6.07, 6.45) is 4.54. The number of ketones is 1. The van der Waals surface area contributed by atoms with Crippen LogP contribution in [0.1, 0.15) is 49.0 Å². The summed E-state index contributed by atoms with van der Waals surface area (Å²) in [5, 5.41) is 13.1. The lowest BCUT2D eigenvalue weighted by molar-refractivity contribution is -0.121. The van der Waals surface area contributed by atoms with Crippen LogP contribution in [0.4, 0.5) is 0 Å². The van der Waals surface area contributed by atoms with Crippen molar-refractivity contribution in [2.75, 3.05) is 0 Å². The molecule has 18 heavy (non-hydrogen) atoms. The monoisotopic (exact) mass is 270 g/mol. The van der Waals surface area contributed by atoms with Crippen molar-refractivity contribution in [1.29, 1.82) is 0 Å². The van der Waals surface area contributed by atoms with E-state index >= 15 is 0 Å². The Morgan fingerprint density at radius 3 is 2.44 bits per heavy atom. The first-order chi connectivity index (χ1) is 8.50. The molecule has 0 amide bonds. The third-order valence-corrected chi connectivity index (χ3v) is 3.96. The number of Topliss-reactive ketones (excluding diaryl/α,β-unsaturated/α-hetero) is 1. The lowest BCUT2D eigenvalue weighted by Crippen LogP contribution is -2.22. The molecular formula is C12H15ClN2O3. The summed E-state index contributed by atoms with van der Waals surface area (Å²) in [6, 6.07) is 0.0983. The van der Waals surface area contributed by atoms with E-state index in [2.05, 4.69) is 5.10 Å². The van der Waals surface area contributed by atoms with Crippen LogP contribution in [0.3, 0.4) is 0 Å². The van der Waals surface area contributed by atoms with E-state index in [4.69, 9.17) is 16.7 Å². The third kappa shape index (κ3) is 2.41. The lowest BCUT2D eigenvalue weighted by atomic mass is 9.84. The zero-order chi connectivity index (χ0) is 13.3. The first-order valence-corrected chi connectivity index (χ1v) is 6.35. The largest absolute Gasteiger partial charge is 0.478 e. The number of halogens is 1. The highest BCUT2D eigenvalue weighted by Crippen LogP contribution is 2.34. The summed E-state index contributed by atoms with van der Waals surface area (Å²) >= 11 is 6.00. The first kappa shape index (κ1) is 13.1. The fourth-order valence-corrected chi connectivity index (χ4v) is 2.78. The molecule has 0 atom stereocenters. The van der Waals surface area contributed by atoms with Crippen molar-refractivity contribution in [3.63, 3.8) is 0 Å². The molecule has 1 heterocycles. The Morgan fingerprint density at radius 1 is 1.39 bits per heavy atom. The van der Waals surface area contributed by atoms with Crippen molar-refractivity contribution in [2.45, 2.75) is 38.6 Å². The molecule has 0 aliphatic heterocycles. The van der Waals surface area contributed by atoms with E-state index in [9.17, 15) is 9.59 Å². The van der Waals surface area contributed by atoms with Gasteiger partial charge >= 0.3 is 5.97 Å². The van der Waals surface area contributed by atoms with Crippen LogP contribution in [-0.2, 0) is 4.79 Å². The predicted octanol–water partition coefficient (Wildman–Crippen LogP) is 2.56. The molecule has 98 valence electrons. The molecule has 0 aromatic carbocycles. The Labute approximate surface area is 110 Å². The van der Waals surface area contributed by atoms with Crippen molar-refractivity contribution >= 4 is 23.4 Å². The molecule has 0 spiro atoms. The second-order valence-electron chi connectivity index (χ2n) is 4.71. The molecule has 1 aliphatic carbocycles. The van der Waals surface area contributed by atoms with Gasteiger partial charge in [0, 0.05) is 5.92 Å². The van der Waals surface area contributed by atoms with Crippen molar-refractivity contribution < 1.29 is 14.7 Å². The van der Waals surface area contributed by atoms with Crippen LogP contribution in [0, 0.1) is 5.92 Å². The van der Waals surface area contributed by atoms with Crippen LogP contribution in [0.2, 0.25) is 5.15 Å². The molecule has 1 aliphatic rings. The Morgan fingerprint density at radius 2 is 2.00 bits per heavy atom. The standard InChI is InChI=1S/C12H15ClN2O3/c1-7(16)8-2-4-9(5-3-8)15-11(13)10(6-14-15)12(17)18/h6,8-9H,2-5H2,1H3,(H,17,18). The average Bonchev–Trinajstić information content (AvgIpc) is 2.71. The highest BCUT2D eigenvalue weighted by atomic mass is 35.5. The van der Waals surface area contributed by atoms with E-state index in [-0.39, 0.29) is 28.5 Å². The summed E-state index contributed by atoms with van der Waals surface area (Å²) in [5.41, 5.74) is 0.0327. The molecule has 6 heteroatoms. The highest BCUT2D eigenvalue weighted by molar-refractivity contribution is 6.32. The fourth-order valence-electron chi connectivity index (χ4n) is 2.47. The van der Waals surface area contributed by atoms with Gasteiger partial charge in [-0.25, -0.2) is 4.79 Å². The smallest absolute Gasteiger partial charge is 0.340 e. The maximum Gasteiger partial charge on any atom is 0.340 e. The minimum Gasteiger partial charge on any atom is -0.478 e. The summed E-state index contributed by atoms with van der Waals surface area (Å²) in [6.45, 7) is 1.62. The van der Waals surface area contributed by atoms with Gasteiger partial charge in [-0.05, 0) is 32.6 Å².